The van der Waals surface area contributed by atoms with Crippen molar-refractivity contribution in [2.24, 2.45) is 0 Å². The predicted molar refractivity (Wildman–Crippen MR) is 106 cm³/mol. The van der Waals surface area contributed by atoms with E-state index in [9.17, 15) is 9.59 Å². The second kappa shape index (κ2) is 8.87. The Bertz CT molecular complexity index is 767. The number of hydrogen-bond acceptors (Lipinski definition) is 4. The van der Waals surface area contributed by atoms with Gasteiger partial charge in [-0.1, -0.05) is 42.5 Å². The van der Waals surface area contributed by atoms with Gasteiger partial charge in [-0.05, 0) is 30.2 Å². The van der Waals surface area contributed by atoms with Crippen LogP contribution in [-0.2, 0) is 15.3 Å². The summed E-state index contributed by atoms with van der Waals surface area (Å²) in [5.41, 5.74) is 2.89. The molecule has 3 rings (SSSR count). The lowest BCUT2D eigenvalue weighted by molar-refractivity contribution is -0.124. The third kappa shape index (κ3) is 5.61. The van der Waals surface area contributed by atoms with Crippen LogP contribution in [0.4, 0.5) is 5.69 Å². The summed E-state index contributed by atoms with van der Waals surface area (Å²) in [6.45, 7) is 1.98. The van der Waals surface area contributed by atoms with E-state index in [4.69, 9.17) is 0 Å². The molecule has 2 amide bonds. The van der Waals surface area contributed by atoms with E-state index < -0.39 is 0 Å². The SMILES string of the molecule is Cc1cccc(NC(=O)CC2CC(=O)NC(SCc3ccccc3)N2)c1. The molecule has 1 fully saturated rings. The highest BCUT2D eigenvalue weighted by atomic mass is 32.2. The number of hydrogen-bond donors (Lipinski definition) is 3. The largest absolute Gasteiger partial charge is 0.332 e. The normalized spacial score (nSPS) is 19.7. The van der Waals surface area contributed by atoms with Crippen molar-refractivity contribution in [3.63, 3.8) is 0 Å². The molecule has 1 saturated heterocycles. The van der Waals surface area contributed by atoms with Crippen molar-refractivity contribution in [3.8, 4) is 0 Å². The minimum absolute atomic E-state index is 0.0253. The van der Waals surface area contributed by atoms with E-state index in [1.54, 1.807) is 11.8 Å². The maximum Gasteiger partial charge on any atom is 0.225 e. The fourth-order valence-electron chi connectivity index (χ4n) is 2.88. The number of benzene rings is 2. The average molecular weight is 369 g/mol. The zero-order valence-corrected chi connectivity index (χ0v) is 15.5. The number of rotatable bonds is 6. The van der Waals surface area contributed by atoms with Gasteiger partial charge in [0.1, 0.15) is 5.50 Å². The molecule has 2 unspecified atom stereocenters. The van der Waals surface area contributed by atoms with Crippen molar-refractivity contribution in [3.05, 3.63) is 65.7 Å². The van der Waals surface area contributed by atoms with Gasteiger partial charge < -0.3 is 10.6 Å². The van der Waals surface area contributed by atoms with E-state index in [2.05, 4.69) is 28.1 Å². The molecule has 6 heteroatoms. The number of amides is 2. The molecule has 0 aromatic heterocycles. The van der Waals surface area contributed by atoms with Crippen molar-refractivity contribution in [1.82, 2.24) is 10.6 Å². The Kier molecular flexibility index (Phi) is 6.30. The van der Waals surface area contributed by atoms with Crippen LogP contribution >= 0.6 is 11.8 Å². The molecule has 2 aromatic carbocycles. The smallest absolute Gasteiger partial charge is 0.225 e. The summed E-state index contributed by atoms with van der Waals surface area (Å²) in [7, 11) is 0. The van der Waals surface area contributed by atoms with Crippen LogP contribution in [0.15, 0.2) is 54.6 Å². The monoisotopic (exact) mass is 369 g/mol. The summed E-state index contributed by atoms with van der Waals surface area (Å²) >= 11 is 1.62. The van der Waals surface area contributed by atoms with Gasteiger partial charge >= 0.3 is 0 Å². The first-order chi connectivity index (χ1) is 12.6. The first kappa shape index (κ1) is 18.5. The molecular formula is C20H23N3O2S. The molecule has 3 N–H and O–H groups in total. The fraction of sp³-hybridized carbons (Fsp3) is 0.300. The van der Waals surface area contributed by atoms with Crippen LogP contribution < -0.4 is 16.0 Å². The zero-order valence-electron chi connectivity index (χ0n) is 14.7. The molecule has 2 aromatic rings. The standard InChI is InChI=1S/C20H23N3O2S/c1-14-6-5-9-16(10-14)21-18(24)11-17-12-19(25)23-20(22-17)26-13-15-7-3-2-4-8-15/h2-10,17,20,22H,11-13H2,1H3,(H,21,24)(H,23,25). The lowest BCUT2D eigenvalue weighted by Gasteiger charge is -2.31. The van der Waals surface area contributed by atoms with Gasteiger partial charge in [-0.2, -0.15) is 0 Å². The molecule has 0 radical (unpaired) electrons. The molecule has 136 valence electrons. The minimum atomic E-state index is -0.187. The van der Waals surface area contributed by atoms with Crippen molar-refractivity contribution in [1.29, 1.82) is 0 Å². The molecule has 2 atom stereocenters. The van der Waals surface area contributed by atoms with Crippen molar-refractivity contribution in [2.45, 2.75) is 37.1 Å². The predicted octanol–water partition coefficient (Wildman–Crippen LogP) is 3.02. The Morgan fingerprint density at radius 2 is 2.00 bits per heavy atom. The summed E-state index contributed by atoms with van der Waals surface area (Å²) in [6, 6.07) is 17.6. The van der Waals surface area contributed by atoms with Gasteiger partial charge in [0, 0.05) is 30.3 Å². The summed E-state index contributed by atoms with van der Waals surface area (Å²) in [5, 5.41) is 9.18. The number of aryl methyl sites for hydroxylation is 1. The van der Waals surface area contributed by atoms with Crippen molar-refractivity contribution in [2.75, 3.05) is 5.32 Å². The topological polar surface area (TPSA) is 70.2 Å². The lowest BCUT2D eigenvalue weighted by Crippen LogP contribution is -2.55. The maximum atomic E-state index is 12.3. The second-order valence-electron chi connectivity index (χ2n) is 6.43. The second-order valence-corrected chi connectivity index (χ2v) is 7.53. The van der Waals surface area contributed by atoms with Crippen molar-refractivity contribution >= 4 is 29.3 Å². The van der Waals surface area contributed by atoms with Crippen LogP contribution in [0.1, 0.15) is 24.0 Å². The molecule has 26 heavy (non-hydrogen) atoms. The van der Waals surface area contributed by atoms with Crippen LogP contribution in [-0.4, -0.2) is 23.4 Å². The number of nitrogens with one attached hydrogen (secondary N) is 3. The third-order valence-corrected chi connectivity index (χ3v) is 5.19. The Morgan fingerprint density at radius 1 is 1.19 bits per heavy atom. The zero-order chi connectivity index (χ0) is 18.4. The highest BCUT2D eigenvalue weighted by Gasteiger charge is 2.27. The Morgan fingerprint density at radius 3 is 2.77 bits per heavy atom. The first-order valence-electron chi connectivity index (χ1n) is 8.66. The van der Waals surface area contributed by atoms with Gasteiger partial charge in [-0.25, -0.2) is 0 Å². The molecule has 0 saturated carbocycles. The summed E-state index contributed by atoms with van der Waals surface area (Å²) in [4.78, 5) is 24.3. The van der Waals surface area contributed by atoms with Crippen molar-refractivity contribution < 1.29 is 9.59 Å². The maximum absolute atomic E-state index is 12.3. The van der Waals surface area contributed by atoms with Crippen LogP contribution in [0.3, 0.4) is 0 Å². The van der Waals surface area contributed by atoms with E-state index in [0.29, 0.717) is 6.42 Å². The van der Waals surface area contributed by atoms with Gasteiger partial charge in [0.15, 0.2) is 0 Å². The first-order valence-corrected chi connectivity index (χ1v) is 9.71. The molecule has 5 nitrogen and oxygen atoms in total. The van der Waals surface area contributed by atoms with Crippen LogP contribution in [0.5, 0.6) is 0 Å². The Balaban J connectivity index is 1.51. The third-order valence-electron chi connectivity index (χ3n) is 4.10. The van der Waals surface area contributed by atoms with E-state index in [1.807, 2.05) is 49.4 Å². The summed E-state index contributed by atoms with van der Waals surface area (Å²) < 4.78 is 0. The fourth-order valence-corrected chi connectivity index (χ4v) is 3.93. The molecule has 1 heterocycles. The molecule has 1 aliphatic heterocycles. The lowest BCUT2D eigenvalue weighted by atomic mass is 10.1. The van der Waals surface area contributed by atoms with Crippen LogP contribution in [0, 0.1) is 6.92 Å². The Hall–Kier alpha value is -2.31. The van der Waals surface area contributed by atoms with Gasteiger partial charge in [0.25, 0.3) is 0 Å². The molecule has 0 bridgehead atoms. The number of carbonyl (C=O) groups excluding carboxylic acids is 2. The highest BCUT2D eigenvalue weighted by molar-refractivity contribution is 7.99. The van der Waals surface area contributed by atoms with E-state index in [-0.39, 0.29) is 29.8 Å². The number of thioether (sulfide) groups is 1. The van der Waals surface area contributed by atoms with Crippen LogP contribution in [0.2, 0.25) is 0 Å². The molecule has 0 aliphatic carbocycles. The molecule has 1 aliphatic rings. The van der Waals surface area contributed by atoms with Gasteiger partial charge in [-0.15, -0.1) is 11.8 Å². The minimum Gasteiger partial charge on any atom is -0.332 e. The Labute approximate surface area is 157 Å². The summed E-state index contributed by atoms with van der Waals surface area (Å²) in [6.07, 6.45) is 0.577. The number of anilines is 1. The molecule has 0 spiro atoms. The highest BCUT2D eigenvalue weighted by Crippen LogP contribution is 2.19. The van der Waals surface area contributed by atoms with Gasteiger partial charge in [-0.3, -0.25) is 14.9 Å². The summed E-state index contributed by atoms with van der Waals surface area (Å²) in [5.74, 6) is 0.679. The molecular weight excluding hydrogens is 346 g/mol. The van der Waals surface area contributed by atoms with Gasteiger partial charge in [0.05, 0.1) is 0 Å². The van der Waals surface area contributed by atoms with E-state index in [0.717, 1.165) is 17.0 Å². The quantitative estimate of drug-likeness (QED) is 0.732. The van der Waals surface area contributed by atoms with Crippen LogP contribution in [0.25, 0.3) is 0 Å². The van der Waals surface area contributed by atoms with E-state index in [1.165, 1.54) is 5.56 Å². The van der Waals surface area contributed by atoms with E-state index >= 15 is 0 Å². The average Bonchev–Trinajstić information content (AvgIpc) is 2.60. The van der Waals surface area contributed by atoms with Gasteiger partial charge in [0.2, 0.25) is 11.8 Å². The number of carbonyl (C=O) groups is 2.